The smallest absolute Gasteiger partial charge is 0.128 e. The van der Waals surface area contributed by atoms with E-state index in [1.165, 1.54) is 0 Å². The van der Waals surface area contributed by atoms with E-state index in [4.69, 9.17) is 4.74 Å². The minimum Gasteiger partial charge on any atom is -0.496 e. The zero-order valence-electron chi connectivity index (χ0n) is 12.3. The molecule has 3 nitrogen and oxygen atoms in total. The van der Waals surface area contributed by atoms with Crippen LogP contribution in [0.3, 0.4) is 0 Å². The Morgan fingerprint density at radius 3 is 2.45 bits per heavy atom. The van der Waals surface area contributed by atoms with E-state index in [9.17, 15) is 5.26 Å². The van der Waals surface area contributed by atoms with Gasteiger partial charge in [0.05, 0.1) is 13.2 Å². The molecule has 0 spiro atoms. The maximum atomic E-state index is 9.64. The number of ether oxygens (including phenoxy) is 1. The van der Waals surface area contributed by atoms with E-state index in [-0.39, 0.29) is 6.04 Å². The lowest BCUT2D eigenvalue weighted by atomic mass is 9.97. The average Bonchev–Trinajstić information content (AvgIpc) is 2.51. The molecule has 0 N–H and O–H groups in total. The van der Waals surface area contributed by atoms with Crippen molar-refractivity contribution in [3.8, 4) is 11.8 Å². The zero-order chi connectivity index (χ0) is 14.5. The first-order valence-corrected chi connectivity index (χ1v) is 6.96. The van der Waals surface area contributed by atoms with Crippen LogP contribution < -0.4 is 4.74 Å². The molecule has 0 saturated heterocycles. The summed E-state index contributed by atoms with van der Waals surface area (Å²) in [5.74, 6) is 0.780. The summed E-state index contributed by atoms with van der Waals surface area (Å²) in [6.45, 7) is 5.82. The Balaban J connectivity index is 2.69. The standard InChI is InChI=1S/C17H20N2O/c1-4-19(5-2)15(12-18)17-14-9-7-6-8-13(14)10-11-16(17)20-3/h6-11,15H,4-5H2,1-3H3. The first-order valence-electron chi connectivity index (χ1n) is 6.96. The number of hydrogen-bond donors (Lipinski definition) is 0. The van der Waals surface area contributed by atoms with Gasteiger partial charge in [0.1, 0.15) is 11.8 Å². The molecule has 2 aromatic carbocycles. The van der Waals surface area contributed by atoms with Crippen molar-refractivity contribution < 1.29 is 4.74 Å². The molecule has 2 aromatic rings. The van der Waals surface area contributed by atoms with Crippen LogP contribution in [-0.2, 0) is 0 Å². The SMILES string of the molecule is CCN(CC)C(C#N)c1c(OC)ccc2ccccc12. The average molecular weight is 268 g/mol. The van der Waals surface area contributed by atoms with Crippen molar-refractivity contribution in [3.05, 3.63) is 42.0 Å². The molecule has 0 saturated carbocycles. The van der Waals surface area contributed by atoms with E-state index in [2.05, 4.69) is 36.9 Å². The van der Waals surface area contributed by atoms with Crippen molar-refractivity contribution in [2.45, 2.75) is 19.9 Å². The van der Waals surface area contributed by atoms with Crippen molar-refractivity contribution in [2.24, 2.45) is 0 Å². The number of hydrogen-bond acceptors (Lipinski definition) is 3. The highest BCUT2D eigenvalue weighted by atomic mass is 16.5. The van der Waals surface area contributed by atoms with Crippen LogP contribution in [0, 0.1) is 11.3 Å². The molecule has 20 heavy (non-hydrogen) atoms. The minimum absolute atomic E-state index is 0.286. The van der Waals surface area contributed by atoms with E-state index < -0.39 is 0 Å². The Kier molecular flexibility index (Phi) is 4.60. The molecule has 0 aliphatic heterocycles. The number of nitriles is 1. The van der Waals surface area contributed by atoms with Gasteiger partial charge >= 0.3 is 0 Å². The first kappa shape index (κ1) is 14.4. The van der Waals surface area contributed by atoms with Gasteiger partial charge in [-0.25, -0.2) is 0 Å². The summed E-state index contributed by atoms with van der Waals surface area (Å²) in [5.41, 5.74) is 0.969. The number of benzene rings is 2. The fourth-order valence-electron chi connectivity index (χ4n) is 2.65. The molecule has 0 heterocycles. The van der Waals surface area contributed by atoms with E-state index in [0.717, 1.165) is 35.2 Å². The predicted molar refractivity (Wildman–Crippen MR) is 81.8 cm³/mol. The predicted octanol–water partition coefficient (Wildman–Crippen LogP) is 3.75. The third kappa shape index (κ3) is 2.48. The Bertz CT molecular complexity index is 626. The van der Waals surface area contributed by atoms with Crippen LogP contribution in [0.25, 0.3) is 10.8 Å². The lowest BCUT2D eigenvalue weighted by molar-refractivity contribution is 0.258. The lowest BCUT2D eigenvalue weighted by Crippen LogP contribution is -2.28. The van der Waals surface area contributed by atoms with E-state index >= 15 is 0 Å². The molecule has 3 heteroatoms. The fraction of sp³-hybridized carbons (Fsp3) is 0.353. The highest BCUT2D eigenvalue weighted by Crippen LogP contribution is 2.35. The van der Waals surface area contributed by atoms with Crippen molar-refractivity contribution in [1.82, 2.24) is 4.90 Å². The van der Waals surface area contributed by atoms with Gasteiger partial charge in [-0.15, -0.1) is 0 Å². The number of rotatable bonds is 5. The Morgan fingerprint density at radius 2 is 1.85 bits per heavy atom. The fourth-order valence-corrected chi connectivity index (χ4v) is 2.65. The van der Waals surface area contributed by atoms with Crippen molar-refractivity contribution in [2.75, 3.05) is 20.2 Å². The van der Waals surface area contributed by atoms with Gasteiger partial charge in [0.25, 0.3) is 0 Å². The summed E-state index contributed by atoms with van der Waals surface area (Å²) in [7, 11) is 1.66. The molecule has 1 atom stereocenters. The van der Waals surface area contributed by atoms with Gasteiger partial charge in [-0.05, 0) is 29.9 Å². The van der Waals surface area contributed by atoms with E-state index in [1.807, 2.05) is 24.3 Å². The number of nitrogens with zero attached hydrogens (tertiary/aromatic N) is 2. The van der Waals surface area contributed by atoms with E-state index in [0.29, 0.717) is 0 Å². The molecule has 0 amide bonds. The largest absolute Gasteiger partial charge is 0.496 e. The topological polar surface area (TPSA) is 36.3 Å². The molecule has 0 radical (unpaired) electrons. The first-order chi connectivity index (χ1) is 9.76. The maximum Gasteiger partial charge on any atom is 0.128 e. The van der Waals surface area contributed by atoms with Crippen LogP contribution in [-0.4, -0.2) is 25.1 Å². The van der Waals surface area contributed by atoms with Gasteiger partial charge in [-0.1, -0.05) is 44.2 Å². The number of methoxy groups -OCH3 is 1. The van der Waals surface area contributed by atoms with Crippen LogP contribution in [0.15, 0.2) is 36.4 Å². The van der Waals surface area contributed by atoms with Gasteiger partial charge < -0.3 is 4.74 Å². The second kappa shape index (κ2) is 6.40. The molecule has 104 valence electrons. The third-order valence-corrected chi connectivity index (χ3v) is 3.72. The lowest BCUT2D eigenvalue weighted by Gasteiger charge is -2.26. The Morgan fingerprint density at radius 1 is 1.15 bits per heavy atom. The zero-order valence-corrected chi connectivity index (χ0v) is 12.3. The summed E-state index contributed by atoms with van der Waals surface area (Å²) < 4.78 is 5.50. The van der Waals surface area contributed by atoms with Crippen LogP contribution >= 0.6 is 0 Å². The van der Waals surface area contributed by atoms with Crippen molar-refractivity contribution in [1.29, 1.82) is 5.26 Å². The summed E-state index contributed by atoms with van der Waals surface area (Å²) in [5, 5.41) is 11.9. The monoisotopic (exact) mass is 268 g/mol. The van der Waals surface area contributed by atoms with Gasteiger partial charge in [-0.3, -0.25) is 4.90 Å². The molecule has 2 rings (SSSR count). The van der Waals surface area contributed by atoms with Gasteiger partial charge in [0.15, 0.2) is 0 Å². The minimum atomic E-state index is -0.286. The van der Waals surface area contributed by atoms with Crippen LogP contribution in [0.1, 0.15) is 25.5 Å². The van der Waals surface area contributed by atoms with Gasteiger partial charge in [0.2, 0.25) is 0 Å². The highest BCUT2D eigenvalue weighted by molar-refractivity contribution is 5.88. The van der Waals surface area contributed by atoms with Gasteiger partial charge in [-0.2, -0.15) is 5.26 Å². The molecule has 0 bridgehead atoms. The summed E-state index contributed by atoms with van der Waals surface area (Å²) in [4.78, 5) is 2.14. The molecule has 1 unspecified atom stereocenters. The Labute approximate surface area is 120 Å². The molecule has 0 fully saturated rings. The normalized spacial score (nSPS) is 12.3. The molecule has 0 aliphatic rings. The highest BCUT2D eigenvalue weighted by Gasteiger charge is 2.23. The molecule has 0 aromatic heterocycles. The van der Waals surface area contributed by atoms with Gasteiger partial charge in [0, 0.05) is 5.56 Å². The van der Waals surface area contributed by atoms with E-state index in [1.54, 1.807) is 7.11 Å². The molecular formula is C17H20N2O. The molecular weight excluding hydrogens is 248 g/mol. The third-order valence-electron chi connectivity index (χ3n) is 3.72. The quantitative estimate of drug-likeness (QED) is 0.828. The van der Waals surface area contributed by atoms with Crippen LogP contribution in [0.5, 0.6) is 5.75 Å². The van der Waals surface area contributed by atoms with Crippen molar-refractivity contribution in [3.63, 3.8) is 0 Å². The molecule has 0 aliphatic carbocycles. The van der Waals surface area contributed by atoms with Crippen LogP contribution in [0.2, 0.25) is 0 Å². The summed E-state index contributed by atoms with van der Waals surface area (Å²) >= 11 is 0. The van der Waals surface area contributed by atoms with Crippen molar-refractivity contribution >= 4 is 10.8 Å². The summed E-state index contributed by atoms with van der Waals surface area (Å²) in [6, 6.07) is 14.3. The van der Waals surface area contributed by atoms with Crippen LogP contribution in [0.4, 0.5) is 0 Å². The summed E-state index contributed by atoms with van der Waals surface area (Å²) in [6.07, 6.45) is 0. The maximum absolute atomic E-state index is 9.64. The second-order valence-electron chi connectivity index (χ2n) is 4.66. The Hall–Kier alpha value is -2.05. The number of fused-ring (bicyclic) bond motifs is 1. The second-order valence-corrected chi connectivity index (χ2v) is 4.66.